The lowest BCUT2D eigenvalue weighted by Crippen LogP contribution is -2.33. The van der Waals surface area contributed by atoms with Gasteiger partial charge in [0.2, 0.25) is 11.8 Å². The highest BCUT2D eigenvalue weighted by Crippen LogP contribution is 2.57. The van der Waals surface area contributed by atoms with Crippen LogP contribution in [0.4, 0.5) is 5.69 Å². The molecule has 1 saturated heterocycles. The van der Waals surface area contributed by atoms with Gasteiger partial charge < -0.3 is 0 Å². The largest absolute Gasteiger partial charge is 0.274 e. The Hall–Kier alpha value is -1.68. The summed E-state index contributed by atoms with van der Waals surface area (Å²) in [6.07, 6.45) is 4.23. The molecule has 0 radical (unpaired) electrons. The summed E-state index contributed by atoms with van der Waals surface area (Å²) in [6, 6.07) is 7.39. The van der Waals surface area contributed by atoms with Crippen LogP contribution >= 0.6 is 15.9 Å². The van der Waals surface area contributed by atoms with E-state index < -0.39 is 0 Å². The molecular formula is C18H16BrNO2. The summed E-state index contributed by atoms with van der Waals surface area (Å²) in [6.45, 7) is 4.15. The molecule has 1 aromatic rings. The van der Waals surface area contributed by atoms with Gasteiger partial charge in [0.1, 0.15) is 0 Å². The third-order valence-electron chi connectivity index (χ3n) is 5.06. The van der Waals surface area contributed by atoms with Crippen LogP contribution in [-0.2, 0) is 9.59 Å². The van der Waals surface area contributed by atoms with Gasteiger partial charge in [-0.15, -0.1) is 0 Å². The molecule has 2 amide bonds. The van der Waals surface area contributed by atoms with Crippen LogP contribution in [0.25, 0.3) is 0 Å². The van der Waals surface area contributed by atoms with Gasteiger partial charge in [-0.3, -0.25) is 9.59 Å². The van der Waals surface area contributed by atoms with Crippen molar-refractivity contribution in [2.24, 2.45) is 23.7 Å². The van der Waals surface area contributed by atoms with Crippen LogP contribution in [0, 0.1) is 23.7 Å². The molecule has 1 heterocycles. The Morgan fingerprint density at radius 2 is 1.64 bits per heavy atom. The van der Waals surface area contributed by atoms with E-state index in [4.69, 9.17) is 0 Å². The van der Waals surface area contributed by atoms with Crippen molar-refractivity contribution >= 4 is 33.4 Å². The fraction of sp³-hybridized carbons (Fsp3) is 0.333. The summed E-state index contributed by atoms with van der Waals surface area (Å²) in [5.74, 6) is -0.327. The van der Waals surface area contributed by atoms with E-state index in [-0.39, 0.29) is 35.5 Å². The third kappa shape index (κ3) is 1.67. The molecule has 4 rings (SSSR count). The molecule has 2 bridgehead atoms. The SMILES string of the molecule is CC(C)=C1C2C=CC1C1C(=O)N(c3cccc(Br)c3)C(=O)C21. The second-order valence-corrected chi connectivity index (χ2v) is 7.35. The first-order chi connectivity index (χ1) is 10.5. The monoisotopic (exact) mass is 357 g/mol. The van der Waals surface area contributed by atoms with E-state index in [2.05, 4.69) is 41.9 Å². The van der Waals surface area contributed by atoms with Crippen LogP contribution < -0.4 is 4.90 Å². The van der Waals surface area contributed by atoms with Gasteiger partial charge in [0, 0.05) is 16.3 Å². The molecule has 4 unspecified atom stereocenters. The standard InChI is InChI=1S/C18H16BrNO2/c1-9(2)14-12-6-7-13(14)16-15(12)17(21)20(18(16)22)11-5-3-4-10(19)8-11/h3-8,12-13,15-16H,1-2H3. The van der Waals surface area contributed by atoms with E-state index >= 15 is 0 Å². The first kappa shape index (κ1) is 13.9. The molecule has 0 N–H and O–H groups in total. The average Bonchev–Trinajstić information content (AvgIpc) is 3.09. The topological polar surface area (TPSA) is 37.4 Å². The number of carbonyl (C=O) groups is 2. The van der Waals surface area contributed by atoms with E-state index in [1.165, 1.54) is 16.0 Å². The van der Waals surface area contributed by atoms with Gasteiger partial charge in [0.05, 0.1) is 17.5 Å². The Bertz CT molecular complexity index is 726. The van der Waals surface area contributed by atoms with Crippen molar-refractivity contribution in [2.45, 2.75) is 13.8 Å². The minimum Gasteiger partial charge on any atom is -0.274 e. The van der Waals surface area contributed by atoms with Gasteiger partial charge in [0.15, 0.2) is 0 Å². The van der Waals surface area contributed by atoms with Gasteiger partial charge in [-0.25, -0.2) is 4.90 Å². The highest BCUT2D eigenvalue weighted by molar-refractivity contribution is 9.10. The molecule has 0 spiro atoms. The Labute approximate surface area is 137 Å². The van der Waals surface area contributed by atoms with E-state index in [9.17, 15) is 9.59 Å². The molecule has 4 heteroatoms. The quantitative estimate of drug-likeness (QED) is 0.567. The van der Waals surface area contributed by atoms with E-state index in [1.807, 2.05) is 24.3 Å². The maximum atomic E-state index is 12.9. The number of rotatable bonds is 1. The Morgan fingerprint density at radius 3 is 2.14 bits per heavy atom. The van der Waals surface area contributed by atoms with Gasteiger partial charge >= 0.3 is 0 Å². The molecule has 3 aliphatic rings. The number of benzene rings is 1. The van der Waals surface area contributed by atoms with Crippen LogP contribution in [-0.4, -0.2) is 11.8 Å². The van der Waals surface area contributed by atoms with E-state index in [0.29, 0.717) is 5.69 Å². The van der Waals surface area contributed by atoms with Gasteiger partial charge in [-0.2, -0.15) is 0 Å². The van der Waals surface area contributed by atoms with Crippen molar-refractivity contribution in [1.29, 1.82) is 0 Å². The van der Waals surface area contributed by atoms with Crippen LogP contribution in [0.5, 0.6) is 0 Å². The first-order valence-electron chi connectivity index (χ1n) is 7.49. The lowest BCUT2D eigenvalue weighted by molar-refractivity contribution is -0.122. The maximum Gasteiger partial charge on any atom is 0.238 e. The highest BCUT2D eigenvalue weighted by atomic mass is 79.9. The number of halogens is 1. The van der Waals surface area contributed by atoms with Gasteiger partial charge in [0.25, 0.3) is 0 Å². The molecule has 22 heavy (non-hydrogen) atoms. The van der Waals surface area contributed by atoms with Crippen molar-refractivity contribution < 1.29 is 9.59 Å². The predicted molar refractivity (Wildman–Crippen MR) is 88.1 cm³/mol. The normalized spacial score (nSPS) is 32.1. The molecule has 0 aromatic heterocycles. The molecule has 1 aromatic carbocycles. The molecule has 112 valence electrons. The van der Waals surface area contributed by atoms with E-state index in [0.717, 1.165) is 4.47 Å². The zero-order valence-electron chi connectivity index (χ0n) is 12.4. The summed E-state index contributed by atoms with van der Waals surface area (Å²) >= 11 is 3.41. The molecular weight excluding hydrogens is 342 g/mol. The number of amides is 2. The molecule has 3 nitrogen and oxygen atoms in total. The highest BCUT2D eigenvalue weighted by Gasteiger charge is 2.61. The number of carbonyl (C=O) groups excluding carboxylic acids is 2. The van der Waals surface area contributed by atoms with Crippen LogP contribution in [0.15, 0.2) is 52.0 Å². The average molecular weight is 358 g/mol. The van der Waals surface area contributed by atoms with Crippen molar-refractivity contribution in [3.63, 3.8) is 0 Å². The lowest BCUT2D eigenvalue weighted by Gasteiger charge is -2.19. The second-order valence-electron chi connectivity index (χ2n) is 6.44. The predicted octanol–water partition coefficient (Wildman–Crippen LogP) is 3.71. The molecule has 2 fully saturated rings. The Kier molecular flexibility index (Phi) is 2.95. The summed E-state index contributed by atoms with van der Waals surface area (Å²) < 4.78 is 0.869. The van der Waals surface area contributed by atoms with Gasteiger partial charge in [-0.05, 0) is 32.0 Å². The smallest absolute Gasteiger partial charge is 0.238 e. The van der Waals surface area contributed by atoms with Crippen molar-refractivity contribution in [3.8, 4) is 0 Å². The summed E-state index contributed by atoms with van der Waals surface area (Å²) in [4.78, 5) is 27.2. The van der Waals surface area contributed by atoms with Gasteiger partial charge in [-0.1, -0.05) is 45.3 Å². The van der Waals surface area contributed by atoms with Crippen LogP contribution in [0.3, 0.4) is 0 Å². The minimum absolute atomic E-state index is 0.0521. The zero-order valence-corrected chi connectivity index (χ0v) is 14.0. The Balaban J connectivity index is 1.78. The van der Waals surface area contributed by atoms with Crippen molar-refractivity contribution in [3.05, 3.63) is 52.0 Å². The molecule has 2 aliphatic carbocycles. The van der Waals surface area contributed by atoms with Crippen molar-refractivity contribution in [2.75, 3.05) is 4.90 Å². The summed E-state index contributed by atoms with van der Waals surface area (Å²) in [7, 11) is 0. The van der Waals surface area contributed by atoms with Crippen LogP contribution in [0.2, 0.25) is 0 Å². The lowest BCUT2D eigenvalue weighted by atomic mass is 9.85. The molecule has 1 aliphatic heterocycles. The fourth-order valence-corrected chi connectivity index (χ4v) is 4.69. The number of imide groups is 1. The number of hydrogen-bond donors (Lipinski definition) is 0. The minimum atomic E-state index is -0.216. The van der Waals surface area contributed by atoms with Crippen molar-refractivity contribution in [1.82, 2.24) is 0 Å². The number of anilines is 1. The third-order valence-corrected chi connectivity index (χ3v) is 5.55. The van der Waals surface area contributed by atoms with E-state index in [1.54, 1.807) is 0 Å². The first-order valence-corrected chi connectivity index (χ1v) is 8.29. The fourth-order valence-electron chi connectivity index (χ4n) is 4.30. The number of allylic oxidation sites excluding steroid dienone is 4. The number of fused-ring (bicyclic) bond motifs is 5. The maximum absolute atomic E-state index is 12.9. The zero-order chi connectivity index (χ0) is 15.6. The Morgan fingerprint density at radius 1 is 1.05 bits per heavy atom. The summed E-state index contributed by atoms with van der Waals surface area (Å²) in [5, 5.41) is 0. The number of hydrogen-bond acceptors (Lipinski definition) is 2. The molecule has 4 atom stereocenters. The molecule has 1 saturated carbocycles. The number of nitrogens with zero attached hydrogens (tertiary/aromatic N) is 1. The van der Waals surface area contributed by atoms with Crippen LogP contribution in [0.1, 0.15) is 13.8 Å². The summed E-state index contributed by atoms with van der Waals surface area (Å²) in [5.41, 5.74) is 3.19. The second kappa shape index (κ2) is 4.66.